The predicted octanol–water partition coefficient (Wildman–Crippen LogP) is 0.283. The molecule has 1 aromatic heterocycles. The summed E-state index contributed by atoms with van der Waals surface area (Å²) < 4.78 is 6.75. The highest BCUT2D eigenvalue weighted by Gasteiger charge is 2.35. The van der Waals surface area contributed by atoms with E-state index in [9.17, 15) is 14.7 Å². The molecule has 0 amide bonds. The molecule has 1 aliphatic heterocycles. The minimum absolute atomic E-state index is 0.157. The molecule has 0 spiro atoms. The second-order valence-electron chi connectivity index (χ2n) is 5.53. The third-order valence-electron chi connectivity index (χ3n) is 3.78. The van der Waals surface area contributed by atoms with E-state index in [0.29, 0.717) is 12.0 Å². The second-order valence-corrected chi connectivity index (χ2v) is 6.82. The van der Waals surface area contributed by atoms with Crippen molar-refractivity contribution in [1.29, 1.82) is 0 Å². The Labute approximate surface area is 136 Å². The van der Waals surface area contributed by atoms with Gasteiger partial charge >= 0.3 is 5.69 Å². The maximum atomic E-state index is 12.0. The molecule has 3 N–H and O–H groups in total. The summed E-state index contributed by atoms with van der Waals surface area (Å²) >= 11 is 3.52. The van der Waals surface area contributed by atoms with Gasteiger partial charge in [-0.1, -0.05) is 29.3 Å². The molecule has 4 atom stereocenters. The predicted molar refractivity (Wildman–Crippen MR) is 84.3 cm³/mol. The van der Waals surface area contributed by atoms with Crippen LogP contribution in [0.1, 0.15) is 38.0 Å². The van der Waals surface area contributed by atoms with E-state index in [1.807, 2.05) is 0 Å². The van der Waals surface area contributed by atoms with Crippen molar-refractivity contribution in [2.45, 2.75) is 55.9 Å². The van der Waals surface area contributed by atoms with Gasteiger partial charge in [0, 0.05) is 23.0 Å². The fourth-order valence-corrected chi connectivity index (χ4v) is 3.40. The first-order chi connectivity index (χ1) is 10.5. The van der Waals surface area contributed by atoms with Crippen molar-refractivity contribution in [3.05, 3.63) is 32.6 Å². The summed E-state index contributed by atoms with van der Waals surface area (Å²) in [4.78, 5) is 26.3. The van der Waals surface area contributed by atoms with Crippen LogP contribution in [-0.4, -0.2) is 43.4 Å². The van der Waals surface area contributed by atoms with Crippen molar-refractivity contribution < 1.29 is 14.9 Å². The average Bonchev–Trinajstić information content (AvgIpc) is 2.83. The number of H-pyrrole nitrogens is 1. The molecule has 2 unspecified atom stereocenters. The van der Waals surface area contributed by atoms with E-state index < -0.39 is 29.7 Å². The summed E-state index contributed by atoms with van der Waals surface area (Å²) in [6.45, 7) is 1.74. The van der Waals surface area contributed by atoms with Crippen LogP contribution in [0.5, 0.6) is 0 Å². The lowest BCUT2D eigenvalue weighted by Gasteiger charge is -2.16. The third kappa shape index (κ3) is 3.87. The monoisotopic (exact) mass is 376 g/mol. The van der Waals surface area contributed by atoms with Gasteiger partial charge in [-0.3, -0.25) is 14.3 Å². The summed E-state index contributed by atoms with van der Waals surface area (Å²) in [5.74, 6) is 0. The maximum Gasteiger partial charge on any atom is 0.330 e. The van der Waals surface area contributed by atoms with Crippen molar-refractivity contribution in [3.8, 4) is 0 Å². The van der Waals surface area contributed by atoms with Gasteiger partial charge in [0.1, 0.15) is 12.3 Å². The molecule has 0 aliphatic carbocycles. The summed E-state index contributed by atoms with van der Waals surface area (Å²) in [5.41, 5.74) is -0.495. The van der Waals surface area contributed by atoms with Gasteiger partial charge in [-0.25, -0.2) is 4.79 Å². The first kappa shape index (κ1) is 17.4. The lowest BCUT2D eigenvalue weighted by atomic mass is 10.1. The minimum Gasteiger partial charge on any atom is -0.394 e. The zero-order chi connectivity index (χ0) is 16.3. The molecule has 22 heavy (non-hydrogen) atoms. The Morgan fingerprint density at radius 2 is 2.27 bits per heavy atom. The Morgan fingerprint density at radius 1 is 1.55 bits per heavy atom. The van der Waals surface area contributed by atoms with Crippen molar-refractivity contribution in [2.24, 2.45) is 0 Å². The van der Waals surface area contributed by atoms with E-state index >= 15 is 0 Å². The van der Waals surface area contributed by atoms with E-state index in [1.165, 1.54) is 10.8 Å². The summed E-state index contributed by atoms with van der Waals surface area (Å²) in [6.07, 6.45) is 1.87. The fourth-order valence-electron chi connectivity index (χ4n) is 2.59. The number of aromatic amines is 1. The third-order valence-corrected chi connectivity index (χ3v) is 4.56. The molecular weight excluding hydrogens is 356 g/mol. The van der Waals surface area contributed by atoms with Gasteiger partial charge in [0.05, 0.1) is 12.7 Å². The number of hydrogen-bond donors (Lipinski definition) is 3. The number of hydrogen-bond acceptors (Lipinski definition) is 5. The lowest BCUT2D eigenvalue weighted by molar-refractivity contribution is -0.0460. The summed E-state index contributed by atoms with van der Waals surface area (Å²) in [7, 11) is 0. The van der Waals surface area contributed by atoms with Crippen LogP contribution < -0.4 is 11.2 Å². The molecule has 1 aliphatic rings. The number of alkyl halides is 1. The summed E-state index contributed by atoms with van der Waals surface area (Å²) in [6, 6.07) is 0. The van der Waals surface area contributed by atoms with Gasteiger partial charge in [-0.2, -0.15) is 0 Å². The van der Waals surface area contributed by atoms with Crippen LogP contribution in [0.25, 0.3) is 0 Å². The van der Waals surface area contributed by atoms with Gasteiger partial charge < -0.3 is 14.9 Å². The molecule has 8 heteroatoms. The molecule has 0 radical (unpaired) electrons. The number of aromatic nitrogens is 2. The zero-order valence-corrected chi connectivity index (χ0v) is 14.0. The van der Waals surface area contributed by atoms with Crippen molar-refractivity contribution in [3.63, 3.8) is 0 Å². The van der Waals surface area contributed by atoms with Crippen LogP contribution >= 0.6 is 15.9 Å². The van der Waals surface area contributed by atoms with Gasteiger partial charge in [-0.15, -0.1) is 0 Å². The Hall–Kier alpha value is -0.960. The zero-order valence-electron chi connectivity index (χ0n) is 12.4. The Balaban J connectivity index is 2.25. The van der Waals surface area contributed by atoms with Gasteiger partial charge in [0.25, 0.3) is 5.56 Å². The highest BCUT2D eigenvalue weighted by Crippen LogP contribution is 2.27. The second kappa shape index (κ2) is 7.54. The van der Waals surface area contributed by atoms with Crippen LogP contribution in [-0.2, 0) is 11.2 Å². The number of aliphatic hydroxyl groups excluding tert-OH is 2. The van der Waals surface area contributed by atoms with E-state index in [0.717, 1.165) is 12.8 Å². The normalized spacial score (nSPS) is 26.3. The molecule has 1 aromatic rings. The van der Waals surface area contributed by atoms with E-state index in [2.05, 4.69) is 27.8 Å². The minimum atomic E-state index is -0.832. The van der Waals surface area contributed by atoms with Crippen LogP contribution in [0, 0.1) is 0 Å². The van der Waals surface area contributed by atoms with Crippen molar-refractivity contribution in [2.75, 3.05) is 6.61 Å². The number of ether oxygens (including phenoxy) is 1. The molecule has 2 heterocycles. The molecule has 1 fully saturated rings. The SMILES string of the molecule is CCCC(Br)Cc1cn([C@@H]2CC(O)[C@H](CO)O2)c(=O)[nH]c1=O. The first-order valence-electron chi connectivity index (χ1n) is 7.39. The quantitative estimate of drug-likeness (QED) is 0.618. The van der Waals surface area contributed by atoms with Gasteiger partial charge in [-0.05, 0) is 12.8 Å². The van der Waals surface area contributed by atoms with Gasteiger partial charge in [0.15, 0.2) is 0 Å². The maximum absolute atomic E-state index is 12.0. The Bertz CT molecular complexity index is 614. The molecule has 7 nitrogen and oxygen atoms in total. The van der Waals surface area contributed by atoms with E-state index in [-0.39, 0.29) is 17.9 Å². The smallest absolute Gasteiger partial charge is 0.330 e. The molecule has 2 rings (SSSR count). The average molecular weight is 377 g/mol. The summed E-state index contributed by atoms with van der Waals surface area (Å²) in [5, 5.41) is 18.9. The van der Waals surface area contributed by atoms with Crippen molar-refractivity contribution in [1.82, 2.24) is 9.55 Å². The molecule has 0 saturated carbocycles. The lowest BCUT2D eigenvalue weighted by Crippen LogP contribution is -2.35. The van der Waals surface area contributed by atoms with Crippen LogP contribution in [0.3, 0.4) is 0 Å². The van der Waals surface area contributed by atoms with Crippen LogP contribution in [0.4, 0.5) is 0 Å². The fraction of sp³-hybridized carbons (Fsp3) is 0.714. The van der Waals surface area contributed by atoms with Crippen LogP contribution in [0.2, 0.25) is 0 Å². The molecule has 0 bridgehead atoms. The number of nitrogens with zero attached hydrogens (tertiary/aromatic N) is 1. The van der Waals surface area contributed by atoms with Crippen molar-refractivity contribution >= 4 is 15.9 Å². The number of nitrogens with one attached hydrogen (secondary N) is 1. The highest BCUT2D eigenvalue weighted by atomic mass is 79.9. The number of halogens is 1. The Kier molecular flexibility index (Phi) is 5.96. The topological polar surface area (TPSA) is 105 Å². The molecule has 124 valence electrons. The van der Waals surface area contributed by atoms with E-state index in [1.54, 1.807) is 0 Å². The molecule has 1 saturated heterocycles. The standard InChI is InChI=1S/C14H21BrN2O5/c1-2-3-9(15)4-8-6-17(14(21)16-13(8)20)12-5-10(19)11(7-18)22-12/h6,9-12,18-19H,2-5,7H2,1H3,(H,16,20,21)/t9?,10?,11-,12-/m0/s1. The molecular formula is C14H21BrN2O5. The highest BCUT2D eigenvalue weighted by molar-refractivity contribution is 9.09. The number of aliphatic hydroxyl groups is 2. The van der Waals surface area contributed by atoms with Gasteiger partial charge in [0.2, 0.25) is 0 Å². The molecule has 0 aromatic carbocycles. The van der Waals surface area contributed by atoms with Crippen LogP contribution in [0.15, 0.2) is 15.8 Å². The number of rotatable bonds is 6. The Morgan fingerprint density at radius 3 is 2.86 bits per heavy atom. The largest absolute Gasteiger partial charge is 0.394 e. The van der Waals surface area contributed by atoms with E-state index in [4.69, 9.17) is 9.84 Å². The first-order valence-corrected chi connectivity index (χ1v) is 8.30.